The van der Waals surface area contributed by atoms with Crippen LogP contribution in [-0.4, -0.2) is 16.1 Å². The fourth-order valence-corrected chi connectivity index (χ4v) is 2.09. The molecule has 2 rings (SSSR count). The molecule has 0 unspecified atom stereocenters. The molecule has 94 valence electrons. The fraction of sp³-hybridized carbons (Fsp3) is 0.231. The van der Waals surface area contributed by atoms with E-state index in [0.29, 0.717) is 10.1 Å². The number of rotatable bonds is 5. The van der Waals surface area contributed by atoms with Crippen molar-refractivity contribution in [3.8, 4) is 0 Å². The lowest BCUT2D eigenvalue weighted by Gasteiger charge is -2.07. The lowest BCUT2D eigenvalue weighted by molar-refractivity contribution is 0.624. The molecule has 0 aliphatic rings. The second-order valence-electron chi connectivity index (χ2n) is 3.89. The Morgan fingerprint density at radius 2 is 2.06 bits per heavy atom. The quantitative estimate of drug-likeness (QED) is 0.662. The van der Waals surface area contributed by atoms with Crippen LogP contribution in [0.2, 0.25) is 0 Å². The van der Waals surface area contributed by atoms with Crippen LogP contribution in [0, 0.1) is 3.57 Å². The standard InChI is InChI=1S/C13H14IN3O/c14-12-9-15-10-17(13(12)18)8-4-7-16-11-5-2-1-3-6-11/h1-3,5-6,9-10,16H,4,7-8H2. The molecule has 0 aliphatic carbocycles. The Kier molecular flexibility index (Phi) is 4.74. The molecule has 1 aromatic carbocycles. The average Bonchev–Trinajstić information content (AvgIpc) is 2.40. The van der Waals surface area contributed by atoms with E-state index in [0.717, 1.165) is 18.7 Å². The van der Waals surface area contributed by atoms with E-state index < -0.39 is 0 Å². The van der Waals surface area contributed by atoms with Gasteiger partial charge in [-0.3, -0.25) is 9.36 Å². The largest absolute Gasteiger partial charge is 0.385 e. The molecule has 0 fully saturated rings. The summed E-state index contributed by atoms with van der Waals surface area (Å²) in [6.07, 6.45) is 4.06. The van der Waals surface area contributed by atoms with Crippen molar-refractivity contribution in [2.75, 3.05) is 11.9 Å². The highest BCUT2D eigenvalue weighted by molar-refractivity contribution is 14.1. The van der Waals surface area contributed by atoms with E-state index in [1.165, 1.54) is 0 Å². The Bertz CT molecular complexity index is 554. The molecule has 0 saturated heterocycles. The van der Waals surface area contributed by atoms with Crippen LogP contribution in [0.3, 0.4) is 0 Å². The second-order valence-corrected chi connectivity index (χ2v) is 5.05. The third kappa shape index (κ3) is 3.56. The minimum Gasteiger partial charge on any atom is -0.385 e. The van der Waals surface area contributed by atoms with Crippen molar-refractivity contribution < 1.29 is 0 Å². The molecule has 5 heteroatoms. The van der Waals surface area contributed by atoms with Gasteiger partial charge in [-0.1, -0.05) is 18.2 Å². The van der Waals surface area contributed by atoms with Gasteiger partial charge in [-0.25, -0.2) is 4.98 Å². The maximum absolute atomic E-state index is 11.7. The summed E-state index contributed by atoms with van der Waals surface area (Å²) < 4.78 is 2.31. The zero-order valence-electron chi connectivity index (χ0n) is 9.84. The van der Waals surface area contributed by atoms with Gasteiger partial charge in [0.25, 0.3) is 5.56 Å². The smallest absolute Gasteiger partial charge is 0.266 e. The summed E-state index contributed by atoms with van der Waals surface area (Å²) in [5.74, 6) is 0. The molecule has 0 radical (unpaired) electrons. The SMILES string of the molecule is O=c1c(I)cncn1CCCNc1ccccc1. The van der Waals surface area contributed by atoms with Crippen LogP contribution in [0.4, 0.5) is 5.69 Å². The van der Waals surface area contributed by atoms with E-state index in [-0.39, 0.29) is 5.56 Å². The number of benzene rings is 1. The molecule has 4 nitrogen and oxygen atoms in total. The van der Waals surface area contributed by atoms with Crippen molar-refractivity contribution in [2.45, 2.75) is 13.0 Å². The number of aromatic nitrogens is 2. The highest BCUT2D eigenvalue weighted by atomic mass is 127. The van der Waals surface area contributed by atoms with Gasteiger partial charge in [0.1, 0.15) is 0 Å². The summed E-state index contributed by atoms with van der Waals surface area (Å²) in [5, 5.41) is 3.31. The molecule has 0 atom stereocenters. The van der Waals surface area contributed by atoms with Crippen LogP contribution in [0.5, 0.6) is 0 Å². The third-order valence-electron chi connectivity index (χ3n) is 2.54. The van der Waals surface area contributed by atoms with E-state index in [4.69, 9.17) is 0 Å². The summed E-state index contributed by atoms with van der Waals surface area (Å²) in [6, 6.07) is 10.0. The molecule has 18 heavy (non-hydrogen) atoms. The van der Waals surface area contributed by atoms with Gasteiger partial charge in [0.2, 0.25) is 0 Å². The molecule has 1 aromatic heterocycles. The van der Waals surface area contributed by atoms with E-state index in [1.807, 2.05) is 52.9 Å². The number of para-hydroxylation sites is 1. The Balaban J connectivity index is 1.82. The fourth-order valence-electron chi connectivity index (χ4n) is 1.62. The van der Waals surface area contributed by atoms with Gasteiger partial charge in [0.05, 0.1) is 9.90 Å². The predicted molar refractivity (Wildman–Crippen MR) is 80.8 cm³/mol. The van der Waals surface area contributed by atoms with E-state index in [2.05, 4.69) is 10.3 Å². The highest BCUT2D eigenvalue weighted by Gasteiger charge is 1.99. The summed E-state index contributed by atoms with van der Waals surface area (Å²) >= 11 is 2.01. The second kappa shape index (κ2) is 6.53. The summed E-state index contributed by atoms with van der Waals surface area (Å²) in [5.41, 5.74) is 1.14. The van der Waals surface area contributed by atoms with Crippen molar-refractivity contribution in [3.63, 3.8) is 0 Å². The Labute approximate surface area is 119 Å². The summed E-state index contributed by atoms with van der Waals surface area (Å²) in [6.45, 7) is 1.52. The molecule has 2 aromatic rings. The Hall–Kier alpha value is -1.37. The number of nitrogens with one attached hydrogen (secondary N) is 1. The van der Waals surface area contributed by atoms with Gasteiger partial charge >= 0.3 is 0 Å². The highest BCUT2D eigenvalue weighted by Crippen LogP contribution is 2.04. The van der Waals surface area contributed by atoms with E-state index >= 15 is 0 Å². The van der Waals surface area contributed by atoms with Crippen LogP contribution < -0.4 is 10.9 Å². The van der Waals surface area contributed by atoms with E-state index in [9.17, 15) is 4.79 Å². The molecule has 0 amide bonds. The Morgan fingerprint density at radius 1 is 1.28 bits per heavy atom. The molecular weight excluding hydrogens is 341 g/mol. The zero-order chi connectivity index (χ0) is 12.8. The number of aryl methyl sites for hydroxylation is 1. The minimum atomic E-state index is 0.0327. The number of nitrogens with zero attached hydrogens (tertiary/aromatic N) is 2. The Morgan fingerprint density at radius 3 is 2.83 bits per heavy atom. The number of hydrogen-bond acceptors (Lipinski definition) is 3. The summed E-state index contributed by atoms with van der Waals surface area (Å²) in [7, 11) is 0. The van der Waals surface area contributed by atoms with E-state index in [1.54, 1.807) is 17.1 Å². The van der Waals surface area contributed by atoms with Crippen LogP contribution in [-0.2, 0) is 6.54 Å². The molecule has 0 spiro atoms. The number of halogens is 1. The molecule has 0 bridgehead atoms. The molecule has 1 N–H and O–H groups in total. The van der Waals surface area contributed by atoms with Crippen LogP contribution >= 0.6 is 22.6 Å². The van der Waals surface area contributed by atoms with Crippen molar-refractivity contribution >= 4 is 28.3 Å². The van der Waals surface area contributed by atoms with Gasteiger partial charge in [-0.05, 0) is 41.1 Å². The van der Waals surface area contributed by atoms with Gasteiger partial charge in [0.15, 0.2) is 0 Å². The molecule has 0 aliphatic heterocycles. The average molecular weight is 355 g/mol. The number of hydrogen-bond donors (Lipinski definition) is 1. The molecule has 1 heterocycles. The topological polar surface area (TPSA) is 46.9 Å². The molecule has 0 saturated carbocycles. The van der Waals surface area contributed by atoms with Crippen LogP contribution in [0.15, 0.2) is 47.7 Å². The van der Waals surface area contributed by atoms with Crippen molar-refractivity contribution in [2.24, 2.45) is 0 Å². The predicted octanol–water partition coefficient (Wildman–Crippen LogP) is 2.35. The molecular formula is C13H14IN3O. The monoisotopic (exact) mass is 355 g/mol. The van der Waals surface area contributed by atoms with Gasteiger partial charge in [-0.2, -0.15) is 0 Å². The first kappa shape index (κ1) is 13.1. The van der Waals surface area contributed by atoms with Crippen LogP contribution in [0.1, 0.15) is 6.42 Å². The van der Waals surface area contributed by atoms with Gasteiger partial charge in [-0.15, -0.1) is 0 Å². The lowest BCUT2D eigenvalue weighted by atomic mass is 10.3. The normalized spacial score (nSPS) is 10.3. The van der Waals surface area contributed by atoms with Crippen molar-refractivity contribution in [3.05, 3.63) is 56.8 Å². The third-order valence-corrected chi connectivity index (χ3v) is 3.28. The maximum atomic E-state index is 11.7. The van der Waals surface area contributed by atoms with Crippen molar-refractivity contribution in [1.29, 1.82) is 0 Å². The first-order chi connectivity index (χ1) is 8.77. The van der Waals surface area contributed by atoms with Crippen molar-refractivity contribution in [1.82, 2.24) is 9.55 Å². The lowest BCUT2D eigenvalue weighted by Crippen LogP contribution is -2.23. The first-order valence-electron chi connectivity index (χ1n) is 5.76. The summed E-state index contributed by atoms with van der Waals surface area (Å²) in [4.78, 5) is 15.7. The van der Waals surface area contributed by atoms with Gasteiger partial charge in [0, 0.05) is 25.0 Å². The minimum absolute atomic E-state index is 0.0327. The number of anilines is 1. The van der Waals surface area contributed by atoms with Crippen LogP contribution in [0.25, 0.3) is 0 Å². The first-order valence-corrected chi connectivity index (χ1v) is 6.84. The van der Waals surface area contributed by atoms with Gasteiger partial charge < -0.3 is 5.32 Å². The maximum Gasteiger partial charge on any atom is 0.266 e. The zero-order valence-corrected chi connectivity index (χ0v) is 12.0.